The zero-order valence-corrected chi connectivity index (χ0v) is 32.1. The molecule has 0 amide bonds. The second kappa shape index (κ2) is 19.7. The van der Waals surface area contributed by atoms with E-state index in [-0.39, 0.29) is 28.9 Å². The van der Waals surface area contributed by atoms with Gasteiger partial charge in [-0.2, -0.15) is 0 Å². The van der Waals surface area contributed by atoms with Gasteiger partial charge in [-0.05, 0) is 134 Å². The zero-order chi connectivity index (χ0) is 35.4. The quantitative estimate of drug-likeness (QED) is 0.106. The van der Waals surface area contributed by atoms with Crippen LogP contribution in [-0.4, -0.2) is 20.4 Å². The Morgan fingerprint density at radius 2 is 1.21 bits per heavy atom. The fourth-order valence-corrected chi connectivity index (χ4v) is 8.50. The molecule has 2 aromatic carbocycles. The number of unbranched alkanes of at least 4 members (excludes halogenated alkanes) is 4. The van der Waals surface area contributed by atoms with E-state index in [0.29, 0.717) is 54.4 Å². The largest absolute Gasteiger partial charge is 0.508 e. The van der Waals surface area contributed by atoms with Crippen molar-refractivity contribution in [3.63, 3.8) is 0 Å². The minimum atomic E-state index is 0.137. The lowest BCUT2D eigenvalue weighted by Crippen LogP contribution is -2.26. The first kappa shape index (κ1) is 40.1. The fraction of sp³-hybridized carbons (Fsp3) is 0.727. The maximum Gasteiger partial charge on any atom is 0.126 e. The van der Waals surface area contributed by atoms with Crippen LogP contribution in [0.3, 0.4) is 0 Å². The van der Waals surface area contributed by atoms with Crippen molar-refractivity contribution in [3.8, 4) is 23.0 Å². The molecule has 2 aromatic rings. The van der Waals surface area contributed by atoms with E-state index in [9.17, 15) is 20.4 Å². The van der Waals surface area contributed by atoms with Gasteiger partial charge < -0.3 is 20.4 Å². The summed E-state index contributed by atoms with van der Waals surface area (Å²) in [6, 6.07) is 3.88. The monoisotopic (exact) mass is 665 g/mol. The first-order chi connectivity index (χ1) is 22.9. The van der Waals surface area contributed by atoms with Crippen LogP contribution >= 0.6 is 0 Å². The maximum absolute atomic E-state index is 12.1. The lowest BCUT2D eigenvalue weighted by molar-refractivity contribution is 0.191. The van der Waals surface area contributed by atoms with E-state index in [1.54, 1.807) is 0 Å². The number of aryl methyl sites for hydroxylation is 2. The summed E-state index contributed by atoms with van der Waals surface area (Å²) in [5.41, 5.74) is 5.35. The topological polar surface area (TPSA) is 80.9 Å². The summed E-state index contributed by atoms with van der Waals surface area (Å²) in [7, 11) is 0. The third-order valence-electron chi connectivity index (χ3n) is 11.6. The Labute approximate surface area is 294 Å². The van der Waals surface area contributed by atoms with Gasteiger partial charge in [0.1, 0.15) is 23.0 Å². The average Bonchev–Trinajstić information content (AvgIpc) is 3.01. The molecule has 0 heterocycles. The molecule has 0 saturated heterocycles. The van der Waals surface area contributed by atoms with Crippen molar-refractivity contribution < 1.29 is 20.4 Å². The maximum atomic E-state index is 12.1. The van der Waals surface area contributed by atoms with Gasteiger partial charge in [-0.25, -0.2) is 0 Å². The van der Waals surface area contributed by atoms with E-state index >= 15 is 0 Å². The molecular formula is C44H72O4. The normalized spacial score (nSPS) is 19.0. The van der Waals surface area contributed by atoms with Gasteiger partial charge in [0.2, 0.25) is 0 Å². The van der Waals surface area contributed by atoms with Gasteiger partial charge in [0.25, 0.3) is 0 Å². The minimum absolute atomic E-state index is 0.137. The van der Waals surface area contributed by atoms with Crippen molar-refractivity contribution in [1.29, 1.82) is 0 Å². The number of benzene rings is 2. The summed E-state index contributed by atoms with van der Waals surface area (Å²) in [5, 5.41) is 46.6. The predicted octanol–water partition coefficient (Wildman–Crippen LogP) is 12.3. The van der Waals surface area contributed by atoms with Crippen molar-refractivity contribution >= 4 is 0 Å². The van der Waals surface area contributed by atoms with E-state index < -0.39 is 0 Å². The Morgan fingerprint density at radius 3 is 1.77 bits per heavy atom. The lowest BCUT2D eigenvalue weighted by atomic mass is 9.67. The molecule has 3 rings (SSSR count). The highest BCUT2D eigenvalue weighted by molar-refractivity contribution is 5.57. The lowest BCUT2D eigenvalue weighted by Gasteiger charge is -2.38. The molecule has 4 atom stereocenters. The third-order valence-corrected chi connectivity index (χ3v) is 11.6. The van der Waals surface area contributed by atoms with E-state index in [0.717, 1.165) is 98.4 Å². The molecule has 0 aliphatic heterocycles. The highest BCUT2D eigenvalue weighted by Gasteiger charge is 2.36. The summed E-state index contributed by atoms with van der Waals surface area (Å²) in [5.74, 6) is 3.87. The van der Waals surface area contributed by atoms with Gasteiger partial charge >= 0.3 is 0 Å². The Morgan fingerprint density at radius 1 is 0.625 bits per heavy atom. The molecule has 0 aromatic heterocycles. The smallest absolute Gasteiger partial charge is 0.126 e. The molecule has 1 aliphatic carbocycles. The fourth-order valence-electron chi connectivity index (χ4n) is 8.50. The van der Waals surface area contributed by atoms with Gasteiger partial charge in [-0.3, -0.25) is 0 Å². The van der Waals surface area contributed by atoms with Crippen molar-refractivity contribution in [3.05, 3.63) is 45.5 Å². The second-order valence-electron chi connectivity index (χ2n) is 16.5. The molecule has 1 fully saturated rings. The van der Waals surface area contributed by atoms with Crippen LogP contribution in [0, 0.1) is 29.6 Å². The molecule has 4 heteroatoms. The number of aromatic hydroxyl groups is 4. The molecule has 4 N–H and O–H groups in total. The van der Waals surface area contributed by atoms with Gasteiger partial charge in [0.15, 0.2) is 0 Å². The molecule has 1 saturated carbocycles. The van der Waals surface area contributed by atoms with Crippen LogP contribution in [0.5, 0.6) is 23.0 Å². The van der Waals surface area contributed by atoms with Crippen molar-refractivity contribution in [2.24, 2.45) is 29.6 Å². The number of rotatable bonds is 20. The van der Waals surface area contributed by atoms with Gasteiger partial charge in [0, 0.05) is 11.1 Å². The molecule has 0 spiro atoms. The average molecular weight is 665 g/mol. The number of phenols is 4. The van der Waals surface area contributed by atoms with Crippen molar-refractivity contribution in [2.45, 2.75) is 177 Å². The van der Waals surface area contributed by atoms with E-state index in [1.165, 1.54) is 25.7 Å². The minimum Gasteiger partial charge on any atom is -0.508 e. The molecule has 48 heavy (non-hydrogen) atoms. The Kier molecular flexibility index (Phi) is 16.5. The highest BCUT2D eigenvalue weighted by atomic mass is 16.3. The number of hydrogen-bond acceptors (Lipinski definition) is 4. The van der Waals surface area contributed by atoms with Gasteiger partial charge in [0.05, 0.1) is 0 Å². The first-order valence-electron chi connectivity index (χ1n) is 20.0. The first-order valence-corrected chi connectivity index (χ1v) is 20.0. The molecule has 0 unspecified atom stereocenters. The molecule has 1 aliphatic rings. The van der Waals surface area contributed by atoms with Crippen molar-refractivity contribution in [2.75, 3.05) is 0 Å². The van der Waals surface area contributed by atoms with Gasteiger partial charge in [-0.1, -0.05) is 107 Å². The number of phenolic OH excluding ortho intramolecular Hbond substituents is 4. The highest BCUT2D eigenvalue weighted by Crippen LogP contribution is 2.51. The van der Waals surface area contributed by atoms with Crippen LogP contribution in [0.4, 0.5) is 0 Å². The third kappa shape index (κ3) is 11.1. The summed E-state index contributed by atoms with van der Waals surface area (Å²) >= 11 is 0. The summed E-state index contributed by atoms with van der Waals surface area (Å²) in [6.07, 6.45) is 17.8. The zero-order valence-electron chi connectivity index (χ0n) is 32.1. The predicted molar refractivity (Wildman–Crippen MR) is 204 cm³/mol. The Hall–Kier alpha value is -2.36. The summed E-state index contributed by atoms with van der Waals surface area (Å²) in [4.78, 5) is 0. The van der Waals surface area contributed by atoms with Crippen LogP contribution in [0.25, 0.3) is 0 Å². The van der Waals surface area contributed by atoms with Crippen LogP contribution in [0.1, 0.15) is 178 Å². The molecule has 272 valence electrons. The van der Waals surface area contributed by atoms with Crippen LogP contribution in [0.2, 0.25) is 0 Å². The van der Waals surface area contributed by atoms with Crippen molar-refractivity contribution in [1.82, 2.24) is 0 Å². The molecular weight excluding hydrogens is 592 g/mol. The Balaban J connectivity index is 2.00. The Bertz CT molecular complexity index is 1260. The molecule has 0 radical (unpaired) electrons. The summed E-state index contributed by atoms with van der Waals surface area (Å²) < 4.78 is 0. The van der Waals surface area contributed by atoms with Gasteiger partial charge in [-0.15, -0.1) is 0 Å². The molecule has 0 bridgehead atoms. The van der Waals surface area contributed by atoms with Crippen LogP contribution < -0.4 is 0 Å². The standard InChI is InChI=1S/C44H72O4/c1-9-11-13-18-33-27-40(45)38(23-20-31(7)17-15-16-29(3)4)43(47)36(33)24-25-37-34(19-14-12-10-2)28-41(46)42(44(37)48)39-26-32(8)21-22-35(39)30(5)6/h27-32,35,39,45-48H,9-26H2,1-8H3/t31-,32+,35+,39-/m1/s1. The van der Waals surface area contributed by atoms with Crippen LogP contribution in [0.15, 0.2) is 12.1 Å². The van der Waals surface area contributed by atoms with Crippen LogP contribution in [-0.2, 0) is 32.1 Å². The number of hydrogen-bond donors (Lipinski definition) is 4. The van der Waals surface area contributed by atoms with E-state index in [2.05, 4.69) is 55.4 Å². The van der Waals surface area contributed by atoms with E-state index in [1.807, 2.05) is 12.1 Å². The molecule has 4 nitrogen and oxygen atoms in total. The SMILES string of the molecule is CCCCCc1cc(O)c(CC[C@H](C)CCCC(C)C)c(O)c1CCc1c(CCCCC)cc(O)c([C@@H]2C[C@@H](C)CC[C@H]2C(C)C)c1O. The van der Waals surface area contributed by atoms with E-state index in [4.69, 9.17) is 0 Å². The summed E-state index contributed by atoms with van der Waals surface area (Å²) in [6.45, 7) is 18.1. The second-order valence-corrected chi connectivity index (χ2v) is 16.5.